The molecule has 5 nitrogen and oxygen atoms in total. The minimum absolute atomic E-state index is 0.450. The Morgan fingerprint density at radius 2 is 2.17 bits per heavy atom. The second-order valence-electron chi connectivity index (χ2n) is 4.73. The third-order valence-corrected chi connectivity index (χ3v) is 2.95. The van der Waals surface area contributed by atoms with Gasteiger partial charge in [0.15, 0.2) is 0 Å². The molecule has 2 aromatic rings. The quantitative estimate of drug-likeness (QED) is 0.868. The molecule has 0 aliphatic rings. The molecule has 0 aliphatic carbocycles. The van der Waals surface area contributed by atoms with Crippen LogP contribution in [-0.4, -0.2) is 26.0 Å². The van der Waals surface area contributed by atoms with Crippen molar-refractivity contribution in [1.29, 1.82) is 0 Å². The number of aryl methyl sites for hydroxylation is 1. The van der Waals surface area contributed by atoms with E-state index in [1.54, 1.807) is 26.2 Å². The number of imidazole rings is 1. The fourth-order valence-corrected chi connectivity index (χ4v) is 1.64. The van der Waals surface area contributed by atoms with Crippen LogP contribution in [0.1, 0.15) is 25.4 Å². The van der Waals surface area contributed by atoms with E-state index in [4.69, 9.17) is 0 Å². The van der Waals surface area contributed by atoms with Crippen LogP contribution in [0.4, 0.5) is 0 Å². The molecule has 0 saturated heterocycles. The van der Waals surface area contributed by atoms with Gasteiger partial charge in [-0.2, -0.15) is 0 Å². The third kappa shape index (κ3) is 1.99. The van der Waals surface area contributed by atoms with Gasteiger partial charge in [0, 0.05) is 23.7 Å². The summed E-state index contributed by atoms with van der Waals surface area (Å²) < 4.78 is 0. The molecule has 0 bridgehead atoms. The lowest BCUT2D eigenvalue weighted by Crippen LogP contribution is -2.29. The molecule has 18 heavy (non-hydrogen) atoms. The molecule has 0 atom stereocenters. The summed E-state index contributed by atoms with van der Waals surface area (Å²) in [4.78, 5) is 22.7. The number of nitrogens with one attached hydrogen (secondary N) is 1. The Balaban J connectivity index is 2.49. The second kappa shape index (κ2) is 4.25. The van der Waals surface area contributed by atoms with Gasteiger partial charge >= 0.3 is 5.97 Å². The van der Waals surface area contributed by atoms with Gasteiger partial charge in [-0.1, -0.05) is 0 Å². The Kier molecular flexibility index (Phi) is 2.90. The zero-order valence-corrected chi connectivity index (χ0v) is 10.6. The van der Waals surface area contributed by atoms with E-state index >= 15 is 0 Å². The lowest BCUT2D eigenvalue weighted by molar-refractivity contribution is -0.142. The molecule has 0 saturated carbocycles. The molecular formula is C13H15N3O2. The first-order valence-corrected chi connectivity index (χ1v) is 5.64. The maximum Gasteiger partial charge on any atom is 0.316 e. The van der Waals surface area contributed by atoms with E-state index in [0.717, 1.165) is 17.0 Å². The van der Waals surface area contributed by atoms with Crippen LogP contribution in [0.15, 0.2) is 24.5 Å². The van der Waals surface area contributed by atoms with Crippen LogP contribution in [-0.2, 0) is 10.2 Å². The van der Waals surface area contributed by atoms with Crippen molar-refractivity contribution in [2.24, 2.45) is 0 Å². The third-order valence-electron chi connectivity index (χ3n) is 2.95. The number of carbonyl (C=O) groups is 1. The van der Waals surface area contributed by atoms with Gasteiger partial charge in [-0.15, -0.1) is 0 Å². The van der Waals surface area contributed by atoms with E-state index in [1.165, 1.54) is 0 Å². The monoisotopic (exact) mass is 245 g/mol. The largest absolute Gasteiger partial charge is 0.481 e. The van der Waals surface area contributed by atoms with E-state index < -0.39 is 11.4 Å². The van der Waals surface area contributed by atoms with E-state index in [1.807, 2.05) is 19.1 Å². The highest BCUT2D eigenvalue weighted by Gasteiger charge is 2.33. The number of hydrogen-bond acceptors (Lipinski definition) is 3. The molecule has 0 aliphatic heterocycles. The van der Waals surface area contributed by atoms with Crippen molar-refractivity contribution in [1.82, 2.24) is 15.0 Å². The first-order valence-electron chi connectivity index (χ1n) is 5.64. The van der Waals surface area contributed by atoms with E-state index in [0.29, 0.717) is 5.82 Å². The lowest BCUT2D eigenvalue weighted by Gasteiger charge is -2.15. The number of nitrogens with zero attached hydrogens (tertiary/aromatic N) is 2. The number of aromatic amines is 1. The van der Waals surface area contributed by atoms with E-state index in [9.17, 15) is 9.90 Å². The van der Waals surface area contributed by atoms with Crippen molar-refractivity contribution in [2.45, 2.75) is 26.2 Å². The minimum Gasteiger partial charge on any atom is -0.481 e. The Hall–Kier alpha value is -2.17. The lowest BCUT2D eigenvalue weighted by atomic mass is 9.93. The molecule has 2 rings (SSSR count). The maximum atomic E-state index is 11.2. The number of carboxylic acids is 1. The van der Waals surface area contributed by atoms with Crippen molar-refractivity contribution in [3.05, 3.63) is 36.0 Å². The average Bonchev–Trinajstić information content (AvgIpc) is 2.73. The van der Waals surface area contributed by atoms with Crippen LogP contribution < -0.4 is 0 Å². The van der Waals surface area contributed by atoms with Crippen LogP contribution in [0, 0.1) is 6.92 Å². The molecule has 2 heterocycles. The minimum atomic E-state index is -1.04. The van der Waals surface area contributed by atoms with Gasteiger partial charge in [0.1, 0.15) is 11.2 Å². The summed E-state index contributed by atoms with van der Waals surface area (Å²) in [6.07, 6.45) is 3.40. The maximum absolute atomic E-state index is 11.2. The standard InChI is InChI=1S/C13H15N3O2/c1-8-10(9-5-4-6-14-7-9)16-11(15-8)13(2,3)12(17)18/h4-7H,1-3H3,(H,15,16)(H,17,18). The molecule has 0 unspecified atom stereocenters. The normalized spacial score (nSPS) is 11.5. The molecule has 0 radical (unpaired) electrons. The van der Waals surface area contributed by atoms with Gasteiger partial charge in [0.25, 0.3) is 0 Å². The highest BCUT2D eigenvalue weighted by molar-refractivity contribution is 5.79. The highest BCUT2D eigenvalue weighted by Crippen LogP contribution is 2.26. The van der Waals surface area contributed by atoms with Gasteiger partial charge in [0.05, 0.1) is 5.69 Å². The number of aliphatic carboxylic acids is 1. The number of rotatable bonds is 3. The molecule has 2 aromatic heterocycles. The van der Waals surface area contributed by atoms with E-state index in [-0.39, 0.29) is 0 Å². The van der Waals surface area contributed by atoms with Crippen molar-refractivity contribution in [3.8, 4) is 11.3 Å². The summed E-state index contributed by atoms with van der Waals surface area (Å²) >= 11 is 0. The smallest absolute Gasteiger partial charge is 0.316 e. The molecule has 0 spiro atoms. The summed E-state index contributed by atoms with van der Waals surface area (Å²) in [7, 11) is 0. The van der Waals surface area contributed by atoms with E-state index in [2.05, 4.69) is 15.0 Å². The van der Waals surface area contributed by atoms with Crippen molar-refractivity contribution in [2.75, 3.05) is 0 Å². The fraction of sp³-hybridized carbons (Fsp3) is 0.308. The summed E-state index contributed by atoms with van der Waals surface area (Å²) in [5.74, 6) is -0.458. The van der Waals surface area contributed by atoms with Crippen molar-refractivity contribution in [3.63, 3.8) is 0 Å². The molecular weight excluding hydrogens is 230 g/mol. The van der Waals surface area contributed by atoms with Gasteiger partial charge in [-0.3, -0.25) is 9.78 Å². The van der Waals surface area contributed by atoms with Crippen LogP contribution in [0.2, 0.25) is 0 Å². The van der Waals surface area contributed by atoms with Crippen LogP contribution in [0.25, 0.3) is 11.3 Å². The average molecular weight is 245 g/mol. The van der Waals surface area contributed by atoms with Gasteiger partial charge in [-0.05, 0) is 32.9 Å². The fourth-order valence-electron chi connectivity index (χ4n) is 1.64. The number of H-pyrrole nitrogens is 1. The zero-order valence-electron chi connectivity index (χ0n) is 10.6. The van der Waals surface area contributed by atoms with Gasteiger partial charge in [0.2, 0.25) is 0 Å². The Labute approximate surface area is 105 Å². The topological polar surface area (TPSA) is 78.9 Å². The highest BCUT2D eigenvalue weighted by atomic mass is 16.4. The first kappa shape index (κ1) is 12.3. The van der Waals surface area contributed by atoms with Gasteiger partial charge < -0.3 is 10.1 Å². The number of hydrogen-bond donors (Lipinski definition) is 2. The van der Waals surface area contributed by atoms with Crippen molar-refractivity contribution < 1.29 is 9.90 Å². The Bertz CT molecular complexity index is 573. The Morgan fingerprint density at radius 3 is 2.72 bits per heavy atom. The Morgan fingerprint density at radius 1 is 1.44 bits per heavy atom. The van der Waals surface area contributed by atoms with Gasteiger partial charge in [-0.25, -0.2) is 4.98 Å². The molecule has 0 fully saturated rings. The predicted molar refractivity (Wildman–Crippen MR) is 67.2 cm³/mol. The first-order chi connectivity index (χ1) is 8.43. The van der Waals surface area contributed by atoms with Crippen LogP contribution >= 0.6 is 0 Å². The molecule has 0 aromatic carbocycles. The van der Waals surface area contributed by atoms with Crippen LogP contribution in [0.3, 0.4) is 0 Å². The van der Waals surface area contributed by atoms with Crippen LogP contribution in [0.5, 0.6) is 0 Å². The second-order valence-corrected chi connectivity index (χ2v) is 4.73. The predicted octanol–water partition coefficient (Wildman–Crippen LogP) is 2.14. The number of aromatic nitrogens is 3. The molecule has 94 valence electrons. The summed E-state index contributed by atoms with van der Waals surface area (Å²) in [5.41, 5.74) is 1.42. The number of carboxylic acid groups (broad SMARTS) is 1. The summed E-state index contributed by atoms with van der Waals surface area (Å²) in [6.45, 7) is 5.12. The zero-order chi connectivity index (χ0) is 13.3. The number of pyridine rings is 1. The van der Waals surface area contributed by atoms with Crippen molar-refractivity contribution >= 4 is 5.97 Å². The summed E-state index contributed by atoms with van der Waals surface area (Å²) in [6, 6.07) is 3.72. The SMILES string of the molecule is Cc1[nH]c(C(C)(C)C(=O)O)nc1-c1cccnc1. The molecule has 0 amide bonds. The molecule has 5 heteroatoms. The summed E-state index contributed by atoms with van der Waals surface area (Å²) in [5, 5.41) is 9.19. The molecule has 2 N–H and O–H groups in total.